The number of carbonyl (C=O) groups is 1. The molecule has 8 nitrogen and oxygen atoms in total. The highest BCUT2D eigenvalue weighted by atomic mass is 32.2. The molecule has 0 radical (unpaired) electrons. The number of amides is 1. The number of piperidine rings is 1. The van der Waals surface area contributed by atoms with Gasteiger partial charge in [-0.1, -0.05) is 6.07 Å². The molecular formula is C23H26N6O2S. The van der Waals surface area contributed by atoms with Crippen molar-refractivity contribution in [2.45, 2.75) is 43.9 Å². The van der Waals surface area contributed by atoms with Crippen LogP contribution in [0.15, 0.2) is 46.2 Å². The Balaban J connectivity index is 1.18. The summed E-state index contributed by atoms with van der Waals surface area (Å²) in [5.41, 5.74) is 3.72. The van der Waals surface area contributed by atoms with Crippen molar-refractivity contribution >= 4 is 34.5 Å². The molecule has 2 N–H and O–H groups in total. The molecule has 0 saturated carbocycles. The summed E-state index contributed by atoms with van der Waals surface area (Å²) in [5, 5.41) is 6.45. The van der Waals surface area contributed by atoms with Crippen LogP contribution in [-0.2, 0) is 18.0 Å². The number of likely N-dealkylation sites (tertiary alicyclic amines) is 1. The van der Waals surface area contributed by atoms with Gasteiger partial charge < -0.3 is 10.6 Å². The van der Waals surface area contributed by atoms with Crippen molar-refractivity contribution in [3.05, 3.63) is 58.1 Å². The molecule has 1 fully saturated rings. The third-order valence-electron chi connectivity index (χ3n) is 6.04. The van der Waals surface area contributed by atoms with E-state index in [0.717, 1.165) is 53.1 Å². The Morgan fingerprint density at radius 1 is 1.19 bits per heavy atom. The van der Waals surface area contributed by atoms with Gasteiger partial charge in [0.15, 0.2) is 0 Å². The number of carbonyl (C=O) groups excluding carboxylic acids is 1. The SMILES string of the molecule is Cc1ccc2ncc(=O)n(CN3CCC(NCc4ccc5c(n4)NC(=O)CS5)CC3)c2c1. The lowest BCUT2D eigenvalue weighted by atomic mass is 10.1. The van der Waals surface area contributed by atoms with Gasteiger partial charge in [-0.05, 0) is 49.6 Å². The third kappa shape index (κ3) is 4.55. The Hall–Kier alpha value is -2.75. The number of hydrogen-bond acceptors (Lipinski definition) is 7. The number of thioether (sulfide) groups is 1. The smallest absolute Gasteiger partial charge is 0.270 e. The van der Waals surface area contributed by atoms with Gasteiger partial charge in [0.2, 0.25) is 5.91 Å². The largest absolute Gasteiger partial charge is 0.309 e. The number of fused-ring (bicyclic) bond motifs is 2. The zero-order valence-electron chi connectivity index (χ0n) is 18.0. The summed E-state index contributed by atoms with van der Waals surface area (Å²) in [6.45, 7) is 5.13. The van der Waals surface area contributed by atoms with E-state index in [2.05, 4.69) is 25.5 Å². The molecule has 9 heteroatoms. The molecule has 2 aromatic heterocycles. The van der Waals surface area contributed by atoms with Crippen LogP contribution in [0.25, 0.3) is 11.0 Å². The quantitative estimate of drug-likeness (QED) is 0.616. The molecule has 1 amide bonds. The van der Waals surface area contributed by atoms with Gasteiger partial charge in [0.05, 0.1) is 40.2 Å². The lowest BCUT2D eigenvalue weighted by molar-refractivity contribution is -0.113. The zero-order chi connectivity index (χ0) is 22.1. The second-order valence-electron chi connectivity index (χ2n) is 8.42. The number of rotatable bonds is 5. The van der Waals surface area contributed by atoms with Crippen molar-refractivity contribution in [1.82, 2.24) is 24.8 Å². The average Bonchev–Trinajstić information content (AvgIpc) is 2.80. The molecule has 2 aliphatic heterocycles. The third-order valence-corrected chi connectivity index (χ3v) is 7.08. The van der Waals surface area contributed by atoms with Crippen LogP contribution in [-0.4, -0.2) is 50.2 Å². The summed E-state index contributed by atoms with van der Waals surface area (Å²) in [6, 6.07) is 10.5. The number of aryl methyl sites for hydroxylation is 1. The topological polar surface area (TPSA) is 92.2 Å². The van der Waals surface area contributed by atoms with Gasteiger partial charge in [0.25, 0.3) is 5.56 Å². The van der Waals surface area contributed by atoms with E-state index in [4.69, 9.17) is 0 Å². The first-order valence-corrected chi connectivity index (χ1v) is 11.9. The molecule has 5 rings (SSSR count). The van der Waals surface area contributed by atoms with Crippen molar-refractivity contribution < 1.29 is 4.79 Å². The Labute approximate surface area is 190 Å². The first kappa shape index (κ1) is 21.1. The maximum atomic E-state index is 12.5. The number of hydrogen-bond donors (Lipinski definition) is 2. The Morgan fingerprint density at radius 2 is 2.03 bits per heavy atom. The van der Waals surface area contributed by atoms with Crippen LogP contribution in [0.4, 0.5) is 5.82 Å². The van der Waals surface area contributed by atoms with Gasteiger partial charge in [-0.25, -0.2) is 9.97 Å². The molecule has 0 unspecified atom stereocenters. The van der Waals surface area contributed by atoms with Crippen molar-refractivity contribution in [2.75, 3.05) is 24.2 Å². The first-order valence-electron chi connectivity index (χ1n) is 10.9. The van der Waals surface area contributed by atoms with Crippen molar-refractivity contribution in [3.8, 4) is 0 Å². The zero-order valence-corrected chi connectivity index (χ0v) is 18.8. The summed E-state index contributed by atoms with van der Waals surface area (Å²) in [7, 11) is 0. The fourth-order valence-corrected chi connectivity index (χ4v) is 5.00. The monoisotopic (exact) mass is 450 g/mol. The summed E-state index contributed by atoms with van der Waals surface area (Å²) in [6.07, 6.45) is 3.43. The van der Waals surface area contributed by atoms with E-state index >= 15 is 0 Å². The van der Waals surface area contributed by atoms with E-state index in [1.54, 1.807) is 0 Å². The van der Waals surface area contributed by atoms with Crippen LogP contribution >= 0.6 is 11.8 Å². The van der Waals surface area contributed by atoms with E-state index in [1.807, 2.05) is 41.8 Å². The Morgan fingerprint density at radius 3 is 2.88 bits per heavy atom. The van der Waals surface area contributed by atoms with Crippen LogP contribution in [0, 0.1) is 6.92 Å². The predicted octanol–water partition coefficient (Wildman–Crippen LogP) is 2.36. The molecule has 2 aliphatic rings. The minimum atomic E-state index is -0.0629. The lowest BCUT2D eigenvalue weighted by Gasteiger charge is -2.33. The fraction of sp³-hybridized carbons (Fsp3) is 0.391. The van der Waals surface area contributed by atoms with E-state index < -0.39 is 0 Å². The second-order valence-corrected chi connectivity index (χ2v) is 9.43. The molecule has 1 aromatic carbocycles. The van der Waals surface area contributed by atoms with Gasteiger partial charge >= 0.3 is 0 Å². The van der Waals surface area contributed by atoms with Crippen molar-refractivity contribution in [3.63, 3.8) is 0 Å². The van der Waals surface area contributed by atoms with E-state index in [9.17, 15) is 9.59 Å². The summed E-state index contributed by atoms with van der Waals surface area (Å²) in [4.78, 5) is 36.3. The first-order chi connectivity index (χ1) is 15.5. The molecule has 166 valence electrons. The highest BCUT2D eigenvalue weighted by Crippen LogP contribution is 2.29. The van der Waals surface area contributed by atoms with E-state index in [-0.39, 0.29) is 11.5 Å². The van der Waals surface area contributed by atoms with E-state index in [0.29, 0.717) is 30.8 Å². The van der Waals surface area contributed by atoms with Crippen LogP contribution in [0.1, 0.15) is 24.1 Å². The normalized spacial score (nSPS) is 17.3. The number of pyridine rings is 1. The molecule has 0 atom stereocenters. The minimum absolute atomic E-state index is 0.00345. The number of nitrogens with zero attached hydrogens (tertiary/aromatic N) is 4. The summed E-state index contributed by atoms with van der Waals surface area (Å²) < 4.78 is 1.83. The van der Waals surface area contributed by atoms with E-state index in [1.165, 1.54) is 18.0 Å². The molecule has 4 heterocycles. The molecule has 1 saturated heterocycles. The molecule has 0 bridgehead atoms. The Bertz CT molecular complexity index is 1220. The van der Waals surface area contributed by atoms with Crippen LogP contribution in [0.3, 0.4) is 0 Å². The van der Waals surface area contributed by atoms with Gasteiger partial charge in [-0.2, -0.15) is 0 Å². The highest BCUT2D eigenvalue weighted by molar-refractivity contribution is 8.00. The number of benzene rings is 1. The molecule has 32 heavy (non-hydrogen) atoms. The number of anilines is 1. The summed E-state index contributed by atoms with van der Waals surface area (Å²) >= 11 is 1.53. The van der Waals surface area contributed by atoms with Crippen molar-refractivity contribution in [1.29, 1.82) is 0 Å². The highest BCUT2D eigenvalue weighted by Gasteiger charge is 2.21. The second kappa shape index (κ2) is 9.01. The maximum absolute atomic E-state index is 12.5. The predicted molar refractivity (Wildman–Crippen MR) is 126 cm³/mol. The lowest BCUT2D eigenvalue weighted by Crippen LogP contribution is -2.44. The summed E-state index contributed by atoms with van der Waals surface area (Å²) in [5.74, 6) is 1.13. The van der Waals surface area contributed by atoms with Crippen LogP contribution < -0.4 is 16.2 Å². The van der Waals surface area contributed by atoms with Crippen molar-refractivity contribution in [2.24, 2.45) is 0 Å². The van der Waals surface area contributed by atoms with Crippen LogP contribution in [0.5, 0.6) is 0 Å². The fourth-order valence-electron chi connectivity index (χ4n) is 4.25. The molecule has 0 spiro atoms. The van der Waals surface area contributed by atoms with Gasteiger partial charge in [0.1, 0.15) is 5.82 Å². The maximum Gasteiger partial charge on any atom is 0.270 e. The van der Waals surface area contributed by atoms with Crippen LogP contribution in [0.2, 0.25) is 0 Å². The number of nitrogens with one attached hydrogen (secondary N) is 2. The molecular weight excluding hydrogens is 424 g/mol. The molecule has 0 aliphatic carbocycles. The van der Waals surface area contributed by atoms with Gasteiger partial charge in [-0.15, -0.1) is 11.8 Å². The molecule has 3 aromatic rings. The standard InChI is InChI=1S/C23H26N6O2S/c1-15-2-4-18-19(10-15)29(22(31)12-25-18)14-28-8-6-16(7-9-28)24-11-17-3-5-20-23(26-17)27-21(30)13-32-20/h2-5,10,12,16,24H,6-9,11,13-14H2,1H3,(H,26,27,30). The van der Waals surface area contributed by atoms with Gasteiger partial charge in [-0.3, -0.25) is 19.1 Å². The Kier molecular flexibility index (Phi) is 5.95. The number of aromatic nitrogens is 3. The minimum Gasteiger partial charge on any atom is -0.309 e. The van der Waals surface area contributed by atoms with Gasteiger partial charge in [0, 0.05) is 25.7 Å². The average molecular weight is 451 g/mol.